The molecule has 0 amide bonds. The maximum Gasteiger partial charge on any atom is 0.194 e. The predicted octanol–water partition coefficient (Wildman–Crippen LogP) is 4.71. The van der Waals surface area contributed by atoms with E-state index < -0.39 is 23.6 Å². The van der Waals surface area contributed by atoms with E-state index in [9.17, 15) is 18.3 Å². The van der Waals surface area contributed by atoms with Gasteiger partial charge in [0.2, 0.25) is 0 Å². The summed E-state index contributed by atoms with van der Waals surface area (Å²) in [6.45, 7) is 0. The second kappa shape index (κ2) is 5.64. The molecule has 2 aromatic rings. The first-order valence-corrected chi connectivity index (χ1v) is 6.77. The van der Waals surface area contributed by atoms with Crippen LogP contribution in [0.1, 0.15) is 17.2 Å². The van der Waals surface area contributed by atoms with E-state index in [0.717, 1.165) is 16.6 Å². The van der Waals surface area contributed by atoms with Crippen LogP contribution in [0.15, 0.2) is 39.3 Å². The molecule has 1 unspecified atom stereocenters. The van der Waals surface area contributed by atoms with Gasteiger partial charge in [0.15, 0.2) is 17.5 Å². The average molecular weight is 396 g/mol. The second-order valence-electron chi connectivity index (χ2n) is 3.83. The lowest BCUT2D eigenvalue weighted by Crippen LogP contribution is -2.06. The molecule has 0 spiro atoms. The molecule has 1 nitrogen and oxygen atoms in total. The van der Waals surface area contributed by atoms with Crippen molar-refractivity contribution in [2.75, 3.05) is 0 Å². The van der Waals surface area contributed by atoms with E-state index in [2.05, 4.69) is 31.9 Å². The Morgan fingerprint density at radius 1 is 0.895 bits per heavy atom. The highest BCUT2D eigenvalue weighted by Crippen LogP contribution is 2.32. The van der Waals surface area contributed by atoms with Gasteiger partial charge in [-0.25, -0.2) is 13.2 Å². The van der Waals surface area contributed by atoms with Crippen LogP contribution in [-0.2, 0) is 0 Å². The molecule has 1 N–H and O–H groups in total. The maximum absolute atomic E-state index is 13.6. The standard InChI is InChI=1S/C13H7Br2F3O/c14-6-1-2-7(9(15)5-6)13(19)8-3-4-10(16)12(18)11(8)17/h1-5,13,19H. The summed E-state index contributed by atoms with van der Waals surface area (Å²) >= 11 is 6.46. The van der Waals surface area contributed by atoms with Crippen molar-refractivity contribution in [3.63, 3.8) is 0 Å². The SMILES string of the molecule is OC(c1ccc(Br)cc1Br)c1ccc(F)c(F)c1F. The summed E-state index contributed by atoms with van der Waals surface area (Å²) < 4.78 is 40.9. The fraction of sp³-hybridized carbons (Fsp3) is 0.0769. The first-order chi connectivity index (χ1) is 8.91. The second-order valence-corrected chi connectivity index (χ2v) is 5.60. The topological polar surface area (TPSA) is 20.2 Å². The van der Waals surface area contributed by atoms with E-state index in [4.69, 9.17) is 0 Å². The molecule has 0 fully saturated rings. The molecule has 1 atom stereocenters. The molecule has 2 rings (SSSR count). The third-order valence-corrected chi connectivity index (χ3v) is 3.80. The molecule has 0 aliphatic carbocycles. The van der Waals surface area contributed by atoms with Gasteiger partial charge >= 0.3 is 0 Å². The summed E-state index contributed by atoms with van der Waals surface area (Å²) in [6, 6.07) is 6.67. The van der Waals surface area contributed by atoms with Gasteiger partial charge in [-0.3, -0.25) is 0 Å². The van der Waals surface area contributed by atoms with Crippen molar-refractivity contribution in [2.24, 2.45) is 0 Å². The Morgan fingerprint density at radius 2 is 1.53 bits per heavy atom. The van der Waals surface area contributed by atoms with Crippen molar-refractivity contribution in [3.05, 3.63) is 67.9 Å². The summed E-state index contributed by atoms with van der Waals surface area (Å²) in [5, 5.41) is 10.1. The van der Waals surface area contributed by atoms with Crippen LogP contribution in [0.2, 0.25) is 0 Å². The van der Waals surface area contributed by atoms with Gasteiger partial charge in [0.05, 0.1) is 0 Å². The maximum atomic E-state index is 13.6. The summed E-state index contributed by atoms with van der Waals surface area (Å²) in [5.74, 6) is -4.27. The molecule has 0 aliphatic rings. The fourth-order valence-corrected chi connectivity index (χ4v) is 2.91. The molecule has 6 heteroatoms. The number of hydrogen-bond donors (Lipinski definition) is 1. The molecule has 100 valence electrons. The zero-order valence-electron chi connectivity index (χ0n) is 9.30. The van der Waals surface area contributed by atoms with Crippen molar-refractivity contribution < 1.29 is 18.3 Å². The van der Waals surface area contributed by atoms with Gasteiger partial charge in [-0.2, -0.15) is 0 Å². The summed E-state index contributed by atoms with van der Waals surface area (Å²) in [7, 11) is 0. The van der Waals surface area contributed by atoms with Crippen LogP contribution in [0, 0.1) is 17.5 Å². The van der Waals surface area contributed by atoms with Gasteiger partial charge < -0.3 is 5.11 Å². The lowest BCUT2D eigenvalue weighted by Gasteiger charge is -2.15. The highest BCUT2D eigenvalue weighted by molar-refractivity contribution is 9.11. The minimum absolute atomic E-state index is 0.318. The Morgan fingerprint density at radius 3 is 2.16 bits per heavy atom. The molecule has 0 aromatic heterocycles. The van der Waals surface area contributed by atoms with E-state index in [1.54, 1.807) is 18.2 Å². The summed E-state index contributed by atoms with van der Waals surface area (Å²) in [5.41, 5.74) is 0.0371. The Hall–Kier alpha value is -0.850. The monoisotopic (exact) mass is 394 g/mol. The summed E-state index contributed by atoms with van der Waals surface area (Å²) in [4.78, 5) is 0. The summed E-state index contributed by atoms with van der Waals surface area (Å²) in [6.07, 6.45) is -1.39. The van der Waals surface area contributed by atoms with Crippen molar-refractivity contribution in [1.29, 1.82) is 0 Å². The van der Waals surface area contributed by atoms with Crippen LogP contribution in [-0.4, -0.2) is 5.11 Å². The minimum Gasteiger partial charge on any atom is -0.384 e. The molecule has 0 saturated heterocycles. The van der Waals surface area contributed by atoms with Gasteiger partial charge in [0.1, 0.15) is 6.10 Å². The number of aliphatic hydroxyl groups excluding tert-OH is 1. The number of rotatable bonds is 2. The Kier molecular flexibility index (Phi) is 4.32. The molecular formula is C13H7Br2F3O. The molecule has 0 bridgehead atoms. The zero-order valence-corrected chi connectivity index (χ0v) is 12.5. The Balaban J connectivity index is 2.50. The molecule has 0 radical (unpaired) electrons. The third-order valence-electron chi connectivity index (χ3n) is 2.62. The van der Waals surface area contributed by atoms with Crippen molar-refractivity contribution in [3.8, 4) is 0 Å². The van der Waals surface area contributed by atoms with Gasteiger partial charge in [-0.15, -0.1) is 0 Å². The van der Waals surface area contributed by atoms with E-state index >= 15 is 0 Å². The number of aliphatic hydroxyl groups is 1. The normalized spacial score (nSPS) is 12.5. The molecule has 0 aliphatic heterocycles. The van der Waals surface area contributed by atoms with Crippen molar-refractivity contribution >= 4 is 31.9 Å². The molecular weight excluding hydrogens is 389 g/mol. The molecule has 0 heterocycles. The van der Waals surface area contributed by atoms with Crippen LogP contribution in [0.4, 0.5) is 13.2 Å². The quantitative estimate of drug-likeness (QED) is 0.730. The Bertz CT molecular complexity index is 632. The van der Waals surface area contributed by atoms with E-state index in [1.165, 1.54) is 0 Å². The highest BCUT2D eigenvalue weighted by Gasteiger charge is 2.21. The van der Waals surface area contributed by atoms with Gasteiger partial charge in [0.25, 0.3) is 0 Å². The van der Waals surface area contributed by atoms with Gasteiger partial charge in [0, 0.05) is 14.5 Å². The van der Waals surface area contributed by atoms with Crippen LogP contribution >= 0.6 is 31.9 Å². The lowest BCUT2D eigenvalue weighted by atomic mass is 10.0. The first kappa shape index (κ1) is 14.6. The fourth-order valence-electron chi connectivity index (χ4n) is 1.64. The average Bonchev–Trinajstić information content (AvgIpc) is 2.35. The van der Waals surface area contributed by atoms with Crippen LogP contribution in [0.25, 0.3) is 0 Å². The van der Waals surface area contributed by atoms with Gasteiger partial charge in [-0.05, 0) is 23.8 Å². The first-order valence-electron chi connectivity index (χ1n) is 5.18. The minimum atomic E-state index is -1.59. The van der Waals surface area contributed by atoms with Crippen LogP contribution in [0.5, 0.6) is 0 Å². The van der Waals surface area contributed by atoms with Crippen LogP contribution in [0.3, 0.4) is 0 Å². The molecule has 2 aromatic carbocycles. The number of halogens is 5. The predicted molar refractivity (Wildman–Crippen MR) is 72.2 cm³/mol. The number of hydrogen-bond acceptors (Lipinski definition) is 1. The van der Waals surface area contributed by atoms with Gasteiger partial charge in [-0.1, -0.05) is 44.0 Å². The van der Waals surface area contributed by atoms with Crippen molar-refractivity contribution in [2.45, 2.75) is 6.10 Å². The molecule has 19 heavy (non-hydrogen) atoms. The lowest BCUT2D eigenvalue weighted by molar-refractivity contribution is 0.212. The van der Waals surface area contributed by atoms with Crippen molar-refractivity contribution in [1.82, 2.24) is 0 Å². The highest BCUT2D eigenvalue weighted by atomic mass is 79.9. The number of benzene rings is 2. The van der Waals surface area contributed by atoms with E-state index in [1.807, 2.05) is 0 Å². The van der Waals surface area contributed by atoms with E-state index in [0.29, 0.717) is 10.0 Å². The zero-order chi connectivity index (χ0) is 14.2. The van der Waals surface area contributed by atoms with Crippen LogP contribution < -0.4 is 0 Å². The Labute approximate surface area is 124 Å². The van der Waals surface area contributed by atoms with E-state index in [-0.39, 0.29) is 5.56 Å². The third kappa shape index (κ3) is 2.85. The largest absolute Gasteiger partial charge is 0.384 e. The smallest absolute Gasteiger partial charge is 0.194 e. The molecule has 0 saturated carbocycles.